The van der Waals surface area contributed by atoms with Crippen LogP contribution in [0.2, 0.25) is 52.4 Å². The van der Waals surface area contributed by atoms with Crippen molar-refractivity contribution in [2.45, 2.75) is 78.4 Å². The summed E-state index contributed by atoms with van der Waals surface area (Å²) in [5.41, 5.74) is 0. The van der Waals surface area contributed by atoms with Crippen LogP contribution in [0.4, 0.5) is 0 Å². The summed E-state index contributed by atoms with van der Waals surface area (Å²) in [6.07, 6.45) is 4.51. The van der Waals surface area contributed by atoms with Crippen LogP contribution >= 0.6 is 0 Å². The summed E-state index contributed by atoms with van der Waals surface area (Å²) in [6, 6.07) is 0. The Hall–Kier alpha value is 0.548. The van der Waals surface area contributed by atoms with Crippen molar-refractivity contribution >= 4 is 33.3 Å². The van der Waals surface area contributed by atoms with E-state index >= 15 is 0 Å². The quantitative estimate of drug-likeness (QED) is 0.216. The number of nitrogens with zero attached hydrogens (tertiary/aromatic N) is 2. The van der Waals surface area contributed by atoms with Gasteiger partial charge in [-0.25, -0.2) is 0 Å². The molecule has 0 aromatic rings. The van der Waals surface area contributed by atoms with Gasteiger partial charge >= 0.3 is 0 Å². The maximum Gasteiger partial charge on any atom is 0.201 e. The van der Waals surface area contributed by atoms with Crippen LogP contribution in [0.1, 0.15) is 13.8 Å². The highest BCUT2D eigenvalue weighted by atomic mass is 28.4. The van der Waals surface area contributed by atoms with E-state index in [9.17, 15) is 0 Å². The highest BCUT2D eigenvalue weighted by Gasteiger charge is 2.39. The molecule has 2 aliphatic rings. The van der Waals surface area contributed by atoms with Crippen molar-refractivity contribution in [2.24, 2.45) is 0 Å². The van der Waals surface area contributed by atoms with Gasteiger partial charge in [0.15, 0.2) is 16.6 Å². The highest BCUT2D eigenvalue weighted by Crippen LogP contribution is 2.22. The van der Waals surface area contributed by atoms with Gasteiger partial charge < -0.3 is 37.0 Å². The molecule has 2 saturated heterocycles. The normalized spacial score (nSPS) is 25.8. The van der Waals surface area contributed by atoms with Gasteiger partial charge in [-0.1, -0.05) is 0 Å². The molecule has 12 heteroatoms. The number of ether oxygens (including phenoxy) is 2. The Balaban J connectivity index is 1.71. The Kier molecular flexibility index (Phi) is 13.0. The zero-order valence-electron chi connectivity index (χ0n) is 25.0. The molecule has 0 spiro atoms. The molecule has 2 unspecified atom stereocenters. The fourth-order valence-corrected chi connectivity index (χ4v) is 15.4. The molecule has 0 radical (unpaired) electrons. The average Bonchev–Trinajstić information content (AvgIpc) is 2.67. The summed E-state index contributed by atoms with van der Waals surface area (Å²) in [4.78, 5) is 5.13. The fourth-order valence-electron chi connectivity index (χ4n) is 5.75. The van der Waals surface area contributed by atoms with Crippen LogP contribution in [0.15, 0.2) is 0 Å². The van der Waals surface area contributed by atoms with Crippen LogP contribution < -0.4 is 0 Å². The van der Waals surface area contributed by atoms with Crippen molar-refractivity contribution in [3.8, 4) is 0 Å². The first-order chi connectivity index (χ1) is 16.6. The summed E-state index contributed by atoms with van der Waals surface area (Å²) in [7, 11) is -6.78. The van der Waals surface area contributed by atoms with Gasteiger partial charge in [0.2, 0.25) is 16.6 Å². The van der Waals surface area contributed by atoms with E-state index in [1.807, 2.05) is 0 Å². The highest BCUT2D eigenvalue weighted by molar-refractivity contribution is 6.73. The smallest absolute Gasteiger partial charge is 0.201 e. The SMILES string of the molecule is CCO[Si](C)(C)CN1CC(COCCOCC2CN(C[Si](C)(C)OCC)C[Si](C)(C)O2)O[Si](C)(C)C1. The molecule has 0 amide bonds. The van der Waals surface area contributed by atoms with Crippen LogP contribution in [0.5, 0.6) is 0 Å². The minimum atomic E-state index is -1.72. The number of hydrogen-bond donors (Lipinski definition) is 0. The Morgan fingerprint density at radius 1 is 0.694 bits per heavy atom. The molecule has 0 N–H and O–H groups in total. The Morgan fingerprint density at radius 3 is 1.39 bits per heavy atom. The molecular weight excluding hydrogens is 525 g/mol. The van der Waals surface area contributed by atoms with Gasteiger partial charge in [-0.05, 0) is 66.2 Å². The largest absolute Gasteiger partial charge is 0.416 e. The zero-order valence-corrected chi connectivity index (χ0v) is 29.0. The van der Waals surface area contributed by atoms with E-state index < -0.39 is 33.3 Å². The van der Waals surface area contributed by atoms with Crippen molar-refractivity contribution < 1.29 is 27.2 Å². The monoisotopic (exact) mass is 580 g/mol. The lowest BCUT2D eigenvalue weighted by atomic mass is 10.3. The van der Waals surface area contributed by atoms with E-state index in [1.54, 1.807) is 0 Å². The lowest BCUT2D eigenvalue weighted by molar-refractivity contribution is -0.0296. The predicted octanol–water partition coefficient (Wildman–Crippen LogP) is 3.47. The summed E-state index contributed by atoms with van der Waals surface area (Å²) in [5.74, 6) is 0. The minimum absolute atomic E-state index is 0.131. The molecule has 36 heavy (non-hydrogen) atoms. The molecule has 0 bridgehead atoms. The van der Waals surface area contributed by atoms with Crippen LogP contribution in [0.25, 0.3) is 0 Å². The lowest BCUT2D eigenvalue weighted by Gasteiger charge is -2.43. The van der Waals surface area contributed by atoms with Gasteiger partial charge in [-0.3, -0.25) is 0 Å². The predicted molar refractivity (Wildman–Crippen MR) is 157 cm³/mol. The molecule has 2 heterocycles. The van der Waals surface area contributed by atoms with E-state index in [0.29, 0.717) is 26.4 Å². The molecule has 0 aromatic carbocycles. The summed E-state index contributed by atoms with van der Waals surface area (Å²) in [5, 5.41) is 0. The first-order valence-corrected chi connectivity index (χ1v) is 26.3. The maximum absolute atomic E-state index is 6.45. The van der Waals surface area contributed by atoms with Crippen LogP contribution in [0.3, 0.4) is 0 Å². The Morgan fingerprint density at radius 2 is 1.06 bits per heavy atom. The Bertz CT molecular complexity index is 602. The van der Waals surface area contributed by atoms with Crippen LogP contribution in [-0.4, -0.2) is 133 Å². The van der Waals surface area contributed by atoms with E-state index in [4.69, 9.17) is 27.2 Å². The molecule has 8 nitrogen and oxygen atoms in total. The molecule has 2 atom stereocenters. The summed E-state index contributed by atoms with van der Waals surface area (Å²) in [6.45, 7) is 28.5. The molecule has 0 saturated carbocycles. The number of hydrogen-bond acceptors (Lipinski definition) is 8. The van der Waals surface area contributed by atoms with Gasteiger partial charge in [-0.15, -0.1) is 0 Å². The van der Waals surface area contributed by atoms with Crippen LogP contribution in [-0.2, 0) is 27.2 Å². The zero-order chi connectivity index (χ0) is 27.0. The third kappa shape index (κ3) is 12.6. The van der Waals surface area contributed by atoms with E-state index in [0.717, 1.165) is 51.0 Å². The molecule has 2 aliphatic heterocycles. The maximum atomic E-state index is 6.45. The Labute approximate surface area is 225 Å². The third-order valence-electron chi connectivity index (χ3n) is 6.36. The first-order valence-electron chi connectivity index (χ1n) is 13.9. The summed E-state index contributed by atoms with van der Waals surface area (Å²) < 4.78 is 37.1. The van der Waals surface area contributed by atoms with Crippen molar-refractivity contribution in [1.29, 1.82) is 0 Å². The van der Waals surface area contributed by atoms with Crippen molar-refractivity contribution in [3.63, 3.8) is 0 Å². The van der Waals surface area contributed by atoms with Gasteiger partial charge in [0.05, 0.1) is 38.6 Å². The summed E-state index contributed by atoms with van der Waals surface area (Å²) >= 11 is 0. The fraction of sp³-hybridized carbons (Fsp3) is 1.00. The topological polar surface area (TPSA) is 61.9 Å². The average molecular weight is 581 g/mol. The molecule has 214 valence electrons. The molecule has 2 rings (SSSR count). The molecular formula is C24H56N2O6Si4. The number of rotatable bonds is 15. The molecule has 0 aromatic heterocycles. The minimum Gasteiger partial charge on any atom is -0.416 e. The second kappa shape index (κ2) is 14.3. The second-order valence-corrected chi connectivity index (χ2v) is 29.3. The van der Waals surface area contributed by atoms with Gasteiger partial charge in [0, 0.05) is 51.0 Å². The first kappa shape index (κ1) is 32.8. The van der Waals surface area contributed by atoms with E-state index in [1.165, 1.54) is 0 Å². The molecule has 0 aliphatic carbocycles. The van der Waals surface area contributed by atoms with Gasteiger partial charge in [0.1, 0.15) is 0 Å². The van der Waals surface area contributed by atoms with Gasteiger partial charge in [0.25, 0.3) is 0 Å². The van der Waals surface area contributed by atoms with Crippen molar-refractivity contribution in [1.82, 2.24) is 9.80 Å². The third-order valence-corrected chi connectivity index (χ3v) is 15.3. The second-order valence-electron chi connectivity index (χ2n) is 12.9. The standard InChI is InChI=1S/C24H56N2O6Si4/c1-11-29-33(3,4)19-25-15-23(31-35(7,8)21-25)17-27-13-14-28-18-24-16-26(22-36(9,10)32-24)20-34(5,6)30-12-2/h23-24H,11-22H2,1-10H3. The van der Waals surface area contributed by atoms with Crippen molar-refractivity contribution in [2.75, 3.05) is 77.4 Å². The lowest BCUT2D eigenvalue weighted by Crippen LogP contribution is -2.60. The van der Waals surface area contributed by atoms with E-state index in [-0.39, 0.29) is 12.2 Å². The van der Waals surface area contributed by atoms with Crippen molar-refractivity contribution in [3.05, 3.63) is 0 Å². The van der Waals surface area contributed by atoms with Gasteiger partial charge in [-0.2, -0.15) is 0 Å². The molecule has 2 fully saturated rings. The van der Waals surface area contributed by atoms with Crippen LogP contribution in [0, 0.1) is 0 Å². The van der Waals surface area contributed by atoms with E-state index in [2.05, 4.69) is 76.0 Å².